The van der Waals surface area contributed by atoms with Gasteiger partial charge in [-0.25, -0.2) is 4.39 Å². The number of aromatic nitrogens is 2. The smallest absolute Gasteiger partial charge is 0.175 e. The van der Waals surface area contributed by atoms with Crippen molar-refractivity contribution in [1.29, 1.82) is 0 Å². The van der Waals surface area contributed by atoms with Crippen molar-refractivity contribution in [3.05, 3.63) is 54.1 Å². The molecule has 1 aliphatic carbocycles. The van der Waals surface area contributed by atoms with E-state index in [2.05, 4.69) is 9.97 Å². The molecule has 0 bridgehead atoms. The molecule has 3 N–H and O–H groups in total. The first-order chi connectivity index (χ1) is 15.0. The molecule has 4 aromatic rings. The van der Waals surface area contributed by atoms with Crippen molar-refractivity contribution >= 4 is 34.2 Å². The molecule has 0 spiro atoms. The van der Waals surface area contributed by atoms with Crippen molar-refractivity contribution in [2.24, 2.45) is 11.7 Å². The standard InChI is InChI=1S/C24H24FN3O3.ClH/c1-13-7-17-18(28-13)3-4-21(24(17)25)31-20-5-6-27-19-11-23(22(29-2)10-16(19)20)30-12-14-8-15(26)9-14;/h3-7,10-11,14-15,28H,8-9,12,26H2,1-2H3;1H/t14-,15-;. The van der Waals surface area contributed by atoms with Gasteiger partial charge in [0, 0.05) is 40.3 Å². The van der Waals surface area contributed by atoms with Gasteiger partial charge < -0.3 is 24.9 Å². The fourth-order valence-corrected chi connectivity index (χ4v) is 4.11. The van der Waals surface area contributed by atoms with E-state index in [4.69, 9.17) is 19.9 Å². The van der Waals surface area contributed by atoms with Gasteiger partial charge >= 0.3 is 0 Å². The van der Waals surface area contributed by atoms with Crippen molar-refractivity contribution < 1.29 is 18.6 Å². The molecule has 6 nitrogen and oxygen atoms in total. The maximum atomic E-state index is 15.0. The quantitative estimate of drug-likeness (QED) is 0.399. The van der Waals surface area contributed by atoms with Crippen LogP contribution in [0.5, 0.6) is 23.0 Å². The second-order valence-corrected chi connectivity index (χ2v) is 8.13. The summed E-state index contributed by atoms with van der Waals surface area (Å²) in [5.41, 5.74) is 8.16. The zero-order valence-corrected chi connectivity index (χ0v) is 18.7. The molecule has 8 heteroatoms. The Morgan fingerprint density at radius 2 is 1.88 bits per heavy atom. The van der Waals surface area contributed by atoms with E-state index in [9.17, 15) is 0 Å². The van der Waals surface area contributed by atoms with E-state index in [1.807, 2.05) is 25.1 Å². The first-order valence-electron chi connectivity index (χ1n) is 10.3. The van der Waals surface area contributed by atoms with Crippen molar-refractivity contribution in [1.82, 2.24) is 9.97 Å². The first-order valence-corrected chi connectivity index (χ1v) is 10.3. The highest BCUT2D eigenvalue weighted by atomic mass is 35.5. The van der Waals surface area contributed by atoms with Gasteiger partial charge in [-0.15, -0.1) is 12.4 Å². The molecule has 2 heterocycles. The second-order valence-electron chi connectivity index (χ2n) is 8.13. The van der Waals surface area contributed by atoms with Crippen LogP contribution in [0.25, 0.3) is 21.8 Å². The number of benzene rings is 2. The van der Waals surface area contributed by atoms with E-state index >= 15 is 4.39 Å². The number of nitrogens with two attached hydrogens (primary N) is 1. The van der Waals surface area contributed by atoms with Crippen LogP contribution in [0, 0.1) is 18.7 Å². The molecule has 0 atom stereocenters. The lowest BCUT2D eigenvalue weighted by Gasteiger charge is -2.32. The Kier molecular flexibility index (Phi) is 6.13. The van der Waals surface area contributed by atoms with Gasteiger partial charge in [-0.2, -0.15) is 0 Å². The average Bonchev–Trinajstić information content (AvgIpc) is 3.13. The van der Waals surface area contributed by atoms with Crippen LogP contribution in [-0.4, -0.2) is 29.7 Å². The Morgan fingerprint density at radius 1 is 1.06 bits per heavy atom. The predicted octanol–water partition coefficient (Wildman–Crippen LogP) is 5.50. The number of H-pyrrole nitrogens is 1. The molecule has 0 saturated heterocycles. The van der Waals surface area contributed by atoms with Crippen LogP contribution < -0.4 is 19.9 Å². The highest BCUT2D eigenvalue weighted by molar-refractivity contribution is 5.89. The molecule has 5 rings (SSSR count). The summed E-state index contributed by atoms with van der Waals surface area (Å²) in [6.45, 7) is 2.48. The molecule has 0 amide bonds. The van der Waals surface area contributed by atoms with Gasteiger partial charge in [-0.1, -0.05) is 0 Å². The van der Waals surface area contributed by atoms with Gasteiger partial charge in [-0.3, -0.25) is 4.98 Å². The van der Waals surface area contributed by atoms with Crippen LogP contribution in [0.15, 0.2) is 42.6 Å². The number of fused-ring (bicyclic) bond motifs is 2. The Hall–Kier alpha value is -3.03. The van der Waals surface area contributed by atoms with Crippen LogP contribution in [0.3, 0.4) is 0 Å². The van der Waals surface area contributed by atoms with E-state index in [1.165, 1.54) is 0 Å². The lowest BCUT2D eigenvalue weighted by atomic mass is 9.82. The van der Waals surface area contributed by atoms with E-state index in [0.29, 0.717) is 46.1 Å². The number of nitrogens with zero attached hydrogens (tertiary/aromatic N) is 1. The van der Waals surface area contributed by atoms with Crippen LogP contribution in [0.2, 0.25) is 0 Å². The molecule has 1 saturated carbocycles. The molecular formula is C24H25ClFN3O3. The topological polar surface area (TPSA) is 82.4 Å². The fraction of sp³-hybridized carbons (Fsp3) is 0.292. The summed E-state index contributed by atoms with van der Waals surface area (Å²) >= 11 is 0. The largest absolute Gasteiger partial charge is 0.493 e. The molecule has 32 heavy (non-hydrogen) atoms. The summed E-state index contributed by atoms with van der Waals surface area (Å²) in [4.78, 5) is 7.56. The fourth-order valence-electron chi connectivity index (χ4n) is 4.11. The third kappa shape index (κ3) is 4.06. The molecule has 0 aliphatic heterocycles. The van der Waals surface area contributed by atoms with Crippen LogP contribution in [0.1, 0.15) is 18.5 Å². The average molecular weight is 458 g/mol. The van der Waals surface area contributed by atoms with E-state index in [0.717, 1.165) is 24.1 Å². The lowest BCUT2D eigenvalue weighted by Crippen LogP contribution is -2.39. The van der Waals surface area contributed by atoms with Gasteiger partial charge in [0.1, 0.15) is 5.75 Å². The minimum atomic E-state index is -0.405. The SMILES string of the molecule is COc1cc2c(Oc3ccc4[nH]c(C)cc4c3F)ccnc2cc1OC[C@H]1C[C@H](N)C1.Cl. The summed E-state index contributed by atoms with van der Waals surface area (Å²) < 4.78 is 32.5. The zero-order chi connectivity index (χ0) is 21.5. The van der Waals surface area contributed by atoms with Crippen LogP contribution in [0.4, 0.5) is 4.39 Å². The maximum absolute atomic E-state index is 15.0. The zero-order valence-electron chi connectivity index (χ0n) is 17.9. The number of rotatable bonds is 6. The summed E-state index contributed by atoms with van der Waals surface area (Å²) in [5, 5.41) is 1.21. The number of hydrogen-bond acceptors (Lipinski definition) is 5. The van der Waals surface area contributed by atoms with Gasteiger partial charge in [0.2, 0.25) is 0 Å². The number of ether oxygens (including phenoxy) is 3. The normalized spacial score (nSPS) is 17.6. The Balaban J connectivity index is 0.00000245. The number of aryl methyl sites for hydroxylation is 1. The predicted molar refractivity (Wildman–Crippen MR) is 125 cm³/mol. The highest BCUT2D eigenvalue weighted by Crippen LogP contribution is 2.39. The van der Waals surface area contributed by atoms with Gasteiger partial charge in [0.15, 0.2) is 23.1 Å². The molecule has 0 radical (unpaired) electrons. The Bertz CT molecular complexity index is 1270. The number of hydrogen-bond donors (Lipinski definition) is 2. The van der Waals surface area contributed by atoms with Crippen molar-refractivity contribution in [3.63, 3.8) is 0 Å². The molecule has 0 unspecified atom stereocenters. The summed E-state index contributed by atoms with van der Waals surface area (Å²) in [6, 6.07) is 10.8. The van der Waals surface area contributed by atoms with Crippen molar-refractivity contribution in [2.45, 2.75) is 25.8 Å². The first kappa shape index (κ1) is 22.2. The molecule has 2 aromatic carbocycles. The van der Waals surface area contributed by atoms with Gasteiger partial charge in [0.25, 0.3) is 0 Å². The Labute approximate surface area is 191 Å². The minimum Gasteiger partial charge on any atom is -0.493 e. The van der Waals surface area contributed by atoms with Crippen LogP contribution in [-0.2, 0) is 0 Å². The highest BCUT2D eigenvalue weighted by Gasteiger charge is 2.26. The summed E-state index contributed by atoms with van der Waals surface area (Å²) in [7, 11) is 1.59. The van der Waals surface area contributed by atoms with E-state index in [1.54, 1.807) is 31.5 Å². The van der Waals surface area contributed by atoms with Crippen molar-refractivity contribution in [2.75, 3.05) is 13.7 Å². The second kappa shape index (κ2) is 8.84. The van der Waals surface area contributed by atoms with Crippen molar-refractivity contribution in [3.8, 4) is 23.0 Å². The number of aromatic amines is 1. The third-order valence-electron chi connectivity index (χ3n) is 5.79. The van der Waals surface area contributed by atoms with E-state index in [-0.39, 0.29) is 24.2 Å². The summed E-state index contributed by atoms with van der Waals surface area (Å²) in [5.74, 6) is 1.90. The van der Waals surface area contributed by atoms with Gasteiger partial charge in [0.05, 0.1) is 19.2 Å². The monoisotopic (exact) mass is 457 g/mol. The minimum absolute atomic E-state index is 0. The molecule has 1 aliphatic rings. The number of methoxy groups -OCH3 is 1. The molecular weight excluding hydrogens is 433 g/mol. The maximum Gasteiger partial charge on any atom is 0.175 e. The molecule has 168 valence electrons. The van der Waals surface area contributed by atoms with Crippen LogP contribution >= 0.6 is 12.4 Å². The Morgan fingerprint density at radius 3 is 2.62 bits per heavy atom. The third-order valence-corrected chi connectivity index (χ3v) is 5.79. The number of nitrogens with one attached hydrogen (secondary N) is 1. The summed E-state index contributed by atoms with van der Waals surface area (Å²) in [6.07, 6.45) is 3.58. The molecule has 1 fully saturated rings. The van der Waals surface area contributed by atoms with Gasteiger partial charge in [-0.05, 0) is 56.0 Å². The molecule has 2 aromatic heterocycles. The number of pyridine rings is 1. The number of halogens is 2. The lowest BCUT2D eigenvalue weighted by molar-refractivity contribution is 0.156. The van der Waals surface area contributed by atoms with E-state index < -0.39 is 5.82 Å².